The van der Waals surface area contributed by atoms with E-state index in [0.717, 1.165) is 12.0 Å². The van der Waals surface area contributed by atoms with E-state index in [1.54, 1.807) is 0 Å². The molecule has 0 heterocycles. The summed E-state index contributed by atoms with van der Waals surface area (Å²) in [7, 11) is 0. The number of hydrogen-bond donors (Lipinski definition) is 1. The largest absolute Gasteiger partial charge is 0.481 e. The number of carboxylic acid groups (broad SMARTS) is 1. The second-order valence-electron chi connectivity index (χ2n) is 6.45. The fraction of sp³-hybridized carbons (Fsp3) is 0.643. The SMILES string of the molecule is CC(C)(C)CC1=CC(C(=O)O)C(C)(C)C=C1. The lowest BCUT2D eigenvalue weighted by Crippen LogP contribution is -2.30. The Morgan fingerprint density at radius 3 is 2.44 bits per heavy atom. The summed E-state index contributed by atoms with van der Waals surface area (Å²) in [5.74, 6) is -1.14. The smallest absolute Gasteiger partial charge is 0.311 e. The average Bonchev–Trinajstić information content (AvgIpc) is 2.05. The quantitative estimate of drug-likeness (QED) is 0.774. The lowest BCUT2D eigenvalue weighted by molar-refractivity contribution is -0.142. The van der Waals surface area contributed by atoms with Gasteiger partial charge < -0.3 is 5.11 Å². The monoisotopic (exact) mass is 222 g/mol. The molecular weight excluding hydrogens is 200 g/mol. The van der Waals surface area contributed by atoms with Crippen LogP contribution in [0.25, 0.3) is 0 Å². The molecule has 0 fully saturated rings. The van der Waals surface area contributed by atoms with Crippen LogP contribution in [0.4, 0.5) is 0 Å². The molecule has 1 aliphatic rings. The molecule has 2 heteroatoms. The lowest BCUT2D eigenvalue weighted by atomic mass is 9.72. The Balaban J connectivity index is 2.92. The zero-order chi connectivity index (χ0) is 12.6. The second kappa shape index (κ2) is 4.08. The summed E-state index contributed by atoms with van der Waals surface area (Å²) in [4.78, 5) is 11.2. The van der Waals surface area contributed by atoms with Crippen molar-refractivity contribution in [1.82, 2.24) is 0 Å². The summed E-state index contributed by atoms with van der Waals surface area (Å²) in [6.45, 7) is 10.4. The maximum atomic E-state index is 11.2. The minimum atomic E-state index is -0.735. The molecule has 1 aliphatic carbocycles. The van der Waals surface area contributed by atoms with Gasteiger partial charge in [0.15, 0.2) is 0 Å². The molecule has 2 nitrogen and oxygen atoms in total. The zero-order valence-corrected chi connectivity index (χ0v) is 10.9. The van der Waals surface area contributed by atoms with E-state index < -0.39 is 11.9 Å². The third-order valence-electron chi connectivity index (χ3n) is 2.91. The van der Waals surface area contributed by atoms with E-state index >= 15 is 0 Å². The van der Waals surface area contributed by atoms with Crippen LogP contribution in [0.1, 0.15) is 41.0 Å². The molecular formula is C14H22O2. The van der Waals surface area contributed by atoms with Gasteiger partial charge in [-0.1, -0.05) is 58.4 Å². The van der Waals surface area contributed by atoms with E-state index in [9.17, 15) is 9.90 Å². The zero-order valence-electron chi connectivity index (χ0n) is 10.9. The minimum absolute atomic E-state index is 0.195. The molecule has 1 rings (SSSR count). The molecule has 0 saturated heterocycles. The molecule has 0 aromatic carbocycles. The molecule has 0 aromatic rings. The van der Waals surface area contributed by atoms with Gasteiger partial charge in [-0.05, 0) is 17.3 Å². The number of hydrogen-bond acceptors (Lipinski definition) is 1. The molecule has 0 amide bonds. The van der Waals surface area contributed by atoms with E-state index in [-0.39, 0.29) is 10.8 Å². The van der Waals surface area contributed by atoms with Gasteiger partial charge in [-0.15, -0.1) is 0 Å². The molecule has 0 bridgehead atoms. The Bertz CT molecular complexity index is 340. The van der Waals surface area contributed by atoms with Crippen LogP contribution in [-0.4, -0.2) is 11.1 Å². The Hall–Kier alpha value is -1.05. The highest BCUT2D eigenvalue weighted by atomic mass is 16.4. The van der Waals surface area contributed by atoms with Gasteiger partial charge >= 0.3 is 5.97 Å². The van der Waals surface area contributed by atoms with Gasteiger partial charge in [0.05, 0.1) is 5.92 Å². The molecule has 1 unspecified atom stereocenters. The van der Waals surface area contributed by atoms with Gasteiger partial charge in [0, 0.05) is 0 Å². The molecule has 0 radical (unpaired) electrons. The Kier molecular flexibility index (Phi) is 3.32. The Morgan fingerprint density at radius 1 is 1.44 bits per heavy atom. The first kappa shape index (κ1) is 13.0. The molecule has 1 N–H and O–H groups in total. The average molecular weight is 222 g/mol. The van der Waals surface area contributed by atoms with Gasteiger partial charge in [-0.25, -0.2) is 0 Å². The van der Waals surface area contributed by atoms with Gasteiger partial charge in [0.25, 0.3) is 0 Å². The number of carbonyl (C=O) groups is 1. The number of allylic oxidation sites excluding steroid dienone is 3. The van der Waals surface area contributed by atoms with E-state index in [2.05, 4.69) is 26.8 Å². The van der Waals surface area contributed by atoms with Crippen molar-refractivity contribution in [3.8, 4) is 0 Å². The number of aliphatic carboxylic acids is 1. The normalized spacial score (nSPS) is 24.1. The highest BCUT2D eigenvalue weighted by molar-refractivity contribution is 5.74. The van der Waals surface area contributed by atoms with Crippen LogP contribution in [0.5, 0.6) is 0 Å². The molecule has 0 spiro atoms. The minimum Gasteiger partial charge on any atom is -0.481 e. The van der Waals surface area contributed by atoms with Crippen LogP contribution in [0.2, 0.25) is 0 Å². The highest BCUT2D eigenvalue weighted by Gasteiger charge is 2.34. The van der Waals surface area contributed by atoms with E-state index in [1.807, 2.05) is 26.0 Å². The van der Waals surface area contributed by atoms with Crippen molar-refractivity contribution in [2.75, 3.05) is 0 Å². The molecule has 90 valence electrons. The maximum absolute atomic E-state index is 11.2. The highest BCUT2D eigenvalue weighted by Crippen LogP contribution is 2.37. The first-order valence-corrected chi connectivity index (χ1v) is 5.74. The van der Waals surface area contributed by atoms with Crippen molar-refractivity contribution in [3.63, 3.8) is 0 Å². The van der Waals surface area contributed by atoms with Crippen molar-refractivity contribution in [2.24, 2.45) is 16.7 Å². The van der Waals surface area contributed by atoms with E-state index in [0.29, 0.717) is 0 Å². The summed E-state index contributed by atoms with van der Waals surface area (Å²) in [6.07, 6.45) is 6.93. The molecule has 0 aliphatic heterocycles. The summed E-state index contributed by atoms with van der Waals surface area (Å²) in [5, 5.41) is 9.21. The first-order valence-electron chi connectivity index (χ1n) is 5.74. The van der Waals surface area contributed by atoms with Crippen LogP contribution >= 0.6 is 0 Å². The van der Waals surface area contributed by atoms with E-state index in [4.69, 9.17) is 0 Å². The molecule has 1 atom stereocenters. The first-order chi connectivity index (χ1) is 7.12. The summed E-state index contributed by atoms with van der Waals surface area (Å²) < 4.78 is 0. The number of carboxylic acids is 1. The van der Waals surface area contributed by atoms with Gasteiger partial charge in [-0.3, -0.25) is 4.79 Å². The predicted octanol–water partition coefficient (Wildman–Crippen LogP) is 3.65. The second-order valence-corrected chi connectivity index (χ2v) is 6.45. The van der Waals surface area contributed by atoms with Gasteiger partial charge in [0.1, 0.15) is 0 Å². The Labute approximate surface area is 98.1 Å². The summed E-state index contributed by atoms with van der Waals surface area (Å²) in [5.41, 5.74) is 1.05. The summed E-state index contributed by atoms with van der Waals surface area (Å²) >= 11 is 0. The van der Waals surface area contributed by atoms with Crippen LogP contribution in [0.3, 0.4) is 0 Å². The van der Waals surface area contributed by atoms with Crippen molar-refractivity contribution in [2.45, 2.75) is 41.0 Å². The fourth-order valence-electron chi connectivity index (χ4n) is 2.03. The third-order valence-corrected chi connectivity index (χ3v) is 2.91. The van der Waals surface area contributed by atoms with E-state index in [1.165, 1.54) is 0 Å². The molecule has 16 heavy (non-hydrogen) atoms. The maximum Gasteiger partial charge on any atom is 0.311 e. The molecule has 0 saturated carbocycles. The standard InChI is InChI=1S/C14H22O2/c1-13(2,3)9-10-6-7-14(4,5)11(8-10)12(15)16/h6-8,11H,9H2,1-5H3,(H,15,16). The van der Waals surface area contributed by atoms with Gasteiger partial charge in [0.2, 0.25) is 0 Å². The van der Waals surface area contributed by atoms with Crippen LogP contribution in [0, 0.1) is 16.7 Å². The van der Waals surface area contributed by atoms with Crippen molar-refractivity contribution in [1.29, 1.82) is 0 Å². The molecule has 0 aromatic heterocycles. The predicted molar refractivity (Wildman–Crippen MR) is 66.2 cm³/mol. The van der Waals surface area contributed by atoms with Crippen LogP contribution in [-0.2, 0) is 4.79 Å². The Morgan fingerprint density at radius 2 is 2.00 bits per heavy atom. The van der Waals surface area contributed by atoms with Crippen LogP contribution in [0.15, 0.2) is 23.8 Å². The number of rotatable bonds is 2. The summed E-state index contributed by atoms with van der Waals surface area (Å²) in [6, 6.07) is 0. The van der Waals surface area contributed by atoms with Crippen LogP contribution < -0.4 is 0 Å². The van der Waals surface area contributed by atoms with Crippen molar-refractivity contribution >= 4 is 5.97 Å². The van der Waals surface area contributed by atoms with Crippen molar-refractivity contribution in [3.05, 3.63) is 23.8 Å². The van der Waals surface area contributed by atoms with Crippen molar-refractivity contribution < 1.29 is 9.90 Å². The lowest BCUT2D eigenvalue weighted by Gasteiger charge is -2.31. The fourth-order valence-corrected chi connectivity index (χ4v) is 2.03. The topological polar surface area (TPSA) is 37.3 Å². The third kappa shape index (κ3) is 3.22. The van der Waals surface area contributed by atoms with Gasteiger partial charge in [-0.2, -0.15) is 0 Å².